The van der Waals surface area contributed by atoms with Gasteiger partial charge in [0.2, 0.25) is 5.95 Å². The Labute approximate surface area is 164 Å². The summed E-state index contributed by atoms with van der Waals surface area (Å²) >= 11 is 0. The fraction of sp³-hybridized carbons (Fsp3) is 0.364. The van der Waals surface area contributed by atoms with Crippen molar-refractivity contribution < 1.29 is 9.50 Å². The van der Waals surface area contributed by atoms with Crippen LogP contribution < -0.4 is 0 Å². The molecule has 3 heterocycles. The van der Waals surface area contributed by atoms with Gasteiger partial charge in [-0.15, -0.1) is 0 Å². The molecule has 146 valence electrons. The minimum absolute atomic E-state index is 0.129. The molecule has 0 spiro atoms. The van der Waals surface area contributed by atoms with Crippen molar-refractivity contribution in [1.29, 1.82) is 0 Å². The fourth-order valence-electron chi connectivity index (χ4n) is 4.19. The van der Waals surface area contributed by atoms with Crippen LogP contribution in [0.2, 0.25) is 0 Å². The van der Waals surface area contributed by atoms with E-state index in [4.69, 9.17) is 0 Å². The van der Waals surface area contributed by atoms with Crippen LogP contribution in [0.3, 0.4) is 0 Å². The predicted molar refractivity (Wildman–Crippen MR) is 105 cm³/mol. The van der Waals surface area contributed by atoms with Gasteiger partial charge in [0, 0.05) is 42.8 Å². The molecule has 0 bridgehead atoms. The van der Waals surface area contributed by atoms with Crippen LogP contribution in [0.1, 0.15) is 24.1 Å². The van der Waals surface area contributed by atoms with Crippen LogP contribution in [0.4, 0.5) is 4.39 Å². The second-order valence-corrected chi connectivity index (χ2v) is 7.69. The Morgan fingerprint density at radius 1 is 1.07 bits per heavy atom. The summed E-state index contributed by atoms with van der Waals surface area (Å²) in [6, 6.07) is 12.5. The van der Waals surface area contributed by atoms with E-state index in [1.165, 1.54) is 12.1 Å². The second-order valence-electron chi connectivity index (χ2n) is 7.69. The summed E-state index contributed by atoms with van der Waals surface area (Å²) in [5.74, 6) is 0.440. The lowest BCUT2D eigenvalue weighted by Crippen LogP contribution is -2.46. The van der Waals surface area contributed by atoms with E-state index in [0.29, 0.717) is 5.95 Å². The van der Waals surface area contributed by atoms with E-state index in [0.717, 1.165) is 50.2 Å². The molecule has 1 aliphatic rings. The third-order valence-corrected chi connectivity index (χ3v) is 5.55. The van der Waals surface area contributed by atoms with E-state index < -0.39 is 0 Å². The summed E-state index contributed by atoms with van der Waals surface area (Å²) in [5, 5.41) is 10.2. The van der Waals surface area contributed by atoms with Gasteiger partial charge in [-0.1, -0.05) is 12.1 Å². The maximum absolute atomic E-state index is 13.2. The molecule has 0 unspecified atom stereocenters. The molecular formula is C22H25FN4O. The van der Waals surface area contributed by atoms with Crippen LogP contribution in [-0.2, 0) is 13.0 Å². The van der Waals surface area contributed by atoms with E-state index >= 15 is 0 Å². The highest BCUT2D eigenvalue weighted by Gasteiger charge is 2.35. The topological polar surface area (TPSA) is 54.2 Å². The highest BCUT2D eigenvalue weighted by molar-refractivity contribution is 5.21. The van der Waals surface area contributed by atoms with Crippen LogP contribution in [0.5, 0.6) is 0 Å². The van der Waals surface area contributed by atoms with Crippen molar-refractivity contribution >= 4 is 0 Å². The van der Waals surface area contributed by atoms with E-state index in [1.807, 2.05) is 35.0 Å². The summed E-state index contributed by atoms with van der Waals surface area (Å²) in [6.45, 7) is 2.70. The van der Waals surface area contributed by atoms with Gasteiger partial charge >= 0.3 is 0 Å². The van der Waals surface area contributed by atoms with Gasteiger partial charge in [-0.05, 0) is 61.7 Å². The maximum atomic E-state index is 13.2. The average molecular weight is 380 g/mol. The van der Waals surface area contributed by atoms with E-state index in [1.54, 1.807) is 12.4 Å². The number of benzene rings is 1. The molecule has 6 heteroatoms. The lowest BCUT2D eigenvalue weighted by Gasteiger charge is -2.42. The normalized spacial score (nSPS) is 20.4. The summed E-state index contributed by atoms with van der Waals surface area (Å²) in [6.07, 6.45) is 8.22. The Bertz CT molecular complexity index is 896. The number of hydrogen-bond donors (Lipinski definition) is 1. The first-order valence-corrected chi connectivity index (χ1v) is 9.69. The van der Waals surface area contributed by atoms with Crippen molar-refractivity contribution in [2.24, 2.45) is 5.41 Å². The summed E-state index contributed by atoms with van der Waals surface area (Å²) in [7, 11) is 0. The lowest BCUT2D eigenvalue weighted by atomic mass is 9.75. The van der Waals surface area contributed by atoms with Crippen molar-refractivity contribution in [3.05, 3.63) is 78.1 Å². The van der Waals surface area contributed by atoms with Crippen LogP contribution >= 0.6 is 0 Å². The van der Waals surface area contributed by atoms with Gasteiger partial charge in [0.15, 0.2) is 0 Å². The van der Waals surface area contributed by atoms with Crippen molar-refractivity contribution in [1.82, 2.24) is 19.4 Å². The Hall–Kier alpha value is -2.57. The van der Waals surface area contributed by atoms with E-state index in [9.17, 15) is 9.50 Å². The first kappa shape index (κ1) is 18.8. The van der Waals surface area contributed by atoms with E-state index in [2.05, 4.69) is 20.9 Å². The Kier molecular flexibility index (Phi) is 5.50. The molecule has 1 aromatic carbocycles. The maximum Gasteiger partial charge on any atom is 0.233 e. The minimum Gasteiger partial charge on any atom is -0.396 e. The predicted octanol–water partition coefficient (Wildman–Crippen LogP) is 3.22. The molecule has 5 nitrogen and oxygen atoms in total. The number of halogens is 1. The average Bonchev–Trinajstić information content (AvgIpc) is 3.19. The molecule has 4 rings (SSSR count). The van der Waals surface area contributed by atoms with Crippen LogP contribution in [-0.4, -0.2) is 44.2 Å². The van der Waals surface area contributed by atoms with Gasteiger partial charge in [-0.25, -0.2) is 14.4 Å². The molecule has 1 fully saturated rings. The third-order valence-electron chi connectivity index (χ3n) is 5.55. The monoisotopic (exact) mass is 380 g/mol. The molecule has 1 N–H and O–H groups in total. The zero-order chi connectivity index (χ0) is 19.4. The van der Waals surface area contributed by atoms with Gasteiger partial charge in [0.05, 0.1) is 6.61 Å². The van der Waals surface area contributed by atoms with Gasteiger partial charge < -0.3 is 5.11 Å². The summed E-state index contributed by atoms with van der Waals surface area (Å²) in [4.78, 5) is 11.1. The van der Waals surface area contributed by atoms with Crippen molar-refractivity contribution in [3.8, 4) is 5.95 Å². The SMILES string of the molecule is OC[C@@]1(Cc2ccc(F)cc2)CCCN(Cc2cccn2-c2ncccn2)C1. The first-order valence-electron chi connectivity index (χ1n) is 9.69. The molecule has 0 amide bonds. The van der Waals surface area contributed by atoms with Gasteiger partial charge in [-0.3, -0.25) is 9.47 Å². The standard InChI is InChI=1S/C22H25FN4O/c23-19-7-5-18(6-8-19)14-22(17-28)9-2-12-26(16-22)15-20-4-1-13-27(20)21-24-10-3-11-25-21/h1,3-8,10-11,13,28H,2,9,12,14-17H2/t22-/m1/s1. The molecule has 0 radical (unpaired) electrons. The van der Waals surface area contributed by atoms with E-state index in [-0.39, 0.29) is 17.8 Å². The lowest BCUT2D eigenvalue weighted by molar-refractivity contribution is 0.0281. The summed E-state index contributed by atoms with van der Waals surface area (Å²) < 4.78 is 15.2. The molecule has 0 saturated carbocycles. The molecule has 28 heavy (non-hydrogen) atoms. The van der Waals surface area contributed by atoms with Gasteiger partial charge in [0.1, 0.15) is 5.82 Å². The van der Waals surface area contributed by atoms with Gasteiger partial charge in [0.25, 0.3) is 0 Å². The van der Waals surface area contributed by atoms with Crippen LogP contribution in [0.25, 0.3) is 5.95 Å². The number of likely N-dealkylation sites (tertiary alicyclic amines) is 1. The molecule has 1 saturated heterocycles. The Morgan fingerprint density at radius 3 is 2.61 bits per heavy atom. The fourth-order valence-corrected chi connectivity index (χ4v) is 4.19. The third kappa shape index (κ3) is 4.13. The second kappa shape index (κ2) is 8.20. The number of piperidine rings is 1. The Morgan fingerprint density at radius 2 is 1.86 bits per heavy atom. The van der Waals surface area contributed by atoms with Crippen LogP contribution in [0.15, 0.2) is 61.1 Å². The number of aromatic nitrogens is 3. The number of rotatable bonds is 6. The molecular weight excluding hydrogens is 355 g/mol. The number of nitrogens with zero attached hydrogens (tertiary/aromatic N) is 4. The molecule has 2 aromatic heterocycles. The van der Waals surface area contributed by atoms with Crippen molar-refractivity contribution in [2.75, 3.05) is 19.7 Å². The molecule has 1 atom stereocenters. The largest absolute Gasteiger partial charge is 0.396 e. The molecule has 1 aliphatic heterocycles. The first-order chi connectivity index (χ1) is 13.7. The molecule has 3 aromatic rings. The van der Waals surface area contributed by atoms with Crippen LogP contribution in [0, 0.1) is 11.2 Å². The summed E-state index contributed by atoms with van der Waals surface area (Å²) in [5.41, 5.74) is 2.00. The Balaban J connectivity index is 1.49. The highest BCUT2D eigenvalue weighted by Crippen LogP contribution is 2.34. The quantitative estimate of drug-likeness (QED) is 0.713. The molecule has 0 aliphatic carbocycles. The number of aliphatic hydroxyl groups excluding tert-OH is 1. The minimum atomic E-state index is -0.226. The highest BCUT2D eigenvalue weighted by atomic mass is 19.1. The zero-order valence-corrected chi connectivity index (χ0v) is 15.8. The smallest absolute Gasteiger partial charge is 0.233 e. The zero-order valence-electron chi connectivity index (χ0n) is 15.8. The number of aliphatic hydroxyl groups is 1. The van der Waals surface area contributed by atoms with Gasteiger partial charge in [-0.2, -0.15) is 0 Å². The van der Waals surface area contributed by atoms with Crippen molar-refractivity contribution in [2.45, 2.75) is 25.8 Å². The van der Waals surface area contributed by atoms with Crippen molar-refractivity contribution in [3.63, 3.8) is 0 Å². The number of hydrogen-bond acceptors (Lipinski definition) is 4.